The van der Waals surface area contributed by atoms with Gasteiger partial charge in [-0.05, 0) is 51.2 Å². The van der Waals surface area contributed by atoms with Crippen molar-refractivity contribution in [2.24, 2.45) is 5.73 Å². The van der Waals surface area contributed by atoms with Crippen LogP contribution in [0.5, 0.6) is 0 Å². The molecule has 0 aliphatic heterocycles. The second-order valence-corrected chi connectivity index (χ2v) is 6.73. The summed E-state index contributed by atoms with van der Waals surface area (Å²) in [6.07, 6.45) is 5.81. The van der Waals surface area contributed by atoms with E-state index in [1.54, 1.807) is 0 Å². The average molecular weight is 288 g/mol. The summed E-state index contributed by atoms with van der Waals surface area (Å²) < 4.78 is 0. The van der Waals surface area contributed by atoms with Gasteiger partial charge < -0.3 is 11.1 Å². The van der Waals surface area contributed by atoms with E-state index in [4.69, 9.17) is 5.73 Å². The van der Waals surface area contributed by atoms with Gasteiger partial charge >= 0.3 is 0 Å². The first-order chi connectivity index (χ1) is 9.90. The number of benzene rings is 1. The Labute approximate surface area is 128 Å². The largest absolute Gasteiger partial charge is 0.352 e. The Morgan fingerprint density at radius 1 is 1.29 bits per heavy atom. The number of aryl methyl sites for hydroxylation is 2. The van der Waals surface area contributed by atoms with Gasteiger partial charge in [0.15, 0.2) is 0 Å². The molecule has 0 bridgehead atoms. The van der Waals surface area contributed by atoms with Gasteiger partial charge in [0.1, 0.15) is 0 Å². The van der Waals surface area contributed by atoms with Crippen molar-refractivity contribution in [1.29, 1.82) is 0 Å². The molecule has 3 heteroatoms. The van der Waals surface area contributed by atoms with Crippen LogP contribution in [0, 0.1) is 13.8 Å². The molecule has 3 N–H and O–H groups in total. The quantitative estimate of drug-likeness (QED) is 0.895. The topological polar surface area (TPSA) is 55.1 Å². The van der Waals surface area contributed by atoms with Crippen LogP contribution >= 0.6 is 0 Å². The highest BCUT2D eigenvalue weighted by molar-refractivity contribution is 5.86. The Balaban J connectivity index is 1.94. The molecule has 0 radical (unpaired) electrons. The third-order valence-electron chi connectivity index (χ3n) is 4.60. The van der Waals surface area contributed by atoms with E-state index in [2.05, 4.69) is 44.3 Å². The van der Waals surface area contributed by atoms with Gasteiger partial charge in [0, 0.05) is 6.04 Å². The van der Waals surface area contributed by atoms with Crippen molar-refractivity contribution in [2.75, 3.05) is 0 Å². The van der Waals surface area contributed by atoms with Crippen molar-refractivity contribution in [3.05, 3.63) is 34.9 Å². The van der Waals surface area contributed by atoms with Gasteiger partial charge in [-0.1, -0.05) is 43.0 Å². The van der Waals surface area contributed by atoms with E-state index in [0.717, 1.165) is 32.1 Å². The molecule has 1 aromatic carbocycles. The molecule has 116 valence electrons. The van der Waals surface area contributed by atoms with Crippen molar-refractivity contribution in [1.82, 2.24) is 5.32 Å². The predicted molar refractivity (Wildman–Crippen MR) is 87.2 cm³/mol. The zero-order valence-corrected chi connectivity index (χ0v) is 13.5. The van der Waals surface area contributed by atoms with E-state index < -0.39 is 5.54 Å². The highest BCUT2D eigenvalue weighted by Crippen LogP contribution is 2.26. The van der Waals surface area contributed by atoms with Gasteiger partial charge in [-0.25, -0.2) is 0 Å². The summed E-state index contributed by atoms with van der Waals surface area (Å²) >= 11 is 0. The van der Waals surface area contributed by atoms with Gasteiger partial charge in [0.25, 0.3) is 0 Å². The first-order valence-corrected chi connectivity index (χ1v) is 8.07. The molecule has 3 nitrogen and oxygen atoms in total. The minimum Gasteiger partial charge on any atom is -0.352 e. The number of hydrogen-bond acceptors (Lipinski definition) is 2. The first-order valence-electron chi connectivity index (χ1n) is 8.07. The molecule has 1 aliphatic rings. The molecule has 0 spiro atoms. The average Bonchev–Trinajstić information content (AvgIpc) is 2.43. The van der Waals surface area contributed by atoms with Crippen molar-refractivity contribution < 1.29 is 4.79 Å². The van der Waals surface area contributed by atoms with E-state index in [1.807, 2.05) is 0 Å². The maximum Gasteiger partial charge on any atom is 0.240 e. The maximum absolute atomic E-state index is 12.4. The van der Waals surface area contributed by atoms with E-state index in [1.165, 1.54) is 23.1 Å². The van der Waals surface area contributed by atoms with Crippen LogP contribution in [0.25, 0.3) is 0 Å². The molecule has 0 heterocycles. The third kappa shape index (κ3) is 4.07. The van der Waals surface area contributed by atoms with Crippen LogP contribution in [0.4, 0.5) is 0 Å². The van der Waals surface area contributed by atoms with Crippen molar-refractivity contribution >= 4 is 5.91 Å². The van der Waals surface area contributed by atoms with Crippen LogP contribution in [0.1, 0.15) is 55.7 Å². The smallest absolute Gasteiger partial charge is 0.240 e. The Morgan fingerprint density at radius 2 is 1.95 bits per heavy atom. The number of carbonyl (C=O) groups is 1. The zero-order valence-electron chi connectivity index (χ0n) is 13.5. The zero-order chi connectivity index (χ0) is 15.5. The molecule has 1 unspecified atom stereocenters. The van der Waals surface area contributed by atoms with E-state index in [-0.39, 0.29) is 11.9 Å². The molecule has 2 rings (SSSR count). The van der Waals surface area contributed by atoms with Gasteiger partial charge in [-0.3, -0.25) is 4.79 Å². The van der Waals surface area contributed by atoms with Crippen molar-refractivity contribution in [3.8, 4) is 0 Å². The van der Waals surface area contributed by atoms with Crippen LogP contribution in [0.15, 0.2) is 18.2 Å². The van der Waals surface area contributed by atoms with Crippen molar-refractivity contribution in [2.45, 2.75) is 70.9 Å². The monoisotopic (exact) mass is 288 g/mol. The number of amides is 1. The van der Waals surface area contributed by atoms with E-state index in [0.29, 0.717) is 0 Å². The fourth-order valence-electron chi connectivity index (χ4n) is 3.23. The number of carbonyl (C=O) groups excluding carboxylic acids is 1. The van der Waals surface area contributed by atoms with Crippen LogP contribution in [0.3, 0.4) is 0 Å². The molecule has 0 aromatic heterocycles. The molecule has 21 heavy (non-hydrogen) atoms. The fourth-order valence-corrected chi connectivity index (χ4v) is 3.23. The lowest BCUT2D eigenvalue weighted by Gasteiger charge is -2.33. The van der Waals surface area contributed by atoms with Crippen LogP contribution in [0.2, 0.25) is 0 Å². The molecule has 1 saturated carbocycles. The summed E-state index contributed by atoms with van der Waals surface area (Å²) in [6.45, 7) is 6.29. The fraction of sp³-hybridized carbons (Fsp3) is 0.611. The van der Waals surface area contributed by atoms with E-state index >= 15 is 0 Å². The summed E-state index contributed by atoms with van der Waals surface area (Å²) in [4.78, 5) is 12.4. The lowest BCUT2D eigenvalue weighted by atomic mass is 9.81. The van der Waals surface area contributed by atoms with Gasteiger partial charge in [-0.2, -0.15) is 0 Å². The predicted octanol–water partition coefficient (Wildman–Crippen LogP) is 3.01. The summed E-state index contributed by atoms with van der Waals surface area (Å²) in [5.74, 6) is 0.0273. The SMILES string of the molecule is Cc1ccc(CC(C)NC(=O)C2(N)CCCCC2)c(C)c1. The van der Waals surface area contributed by atoms with Crippen LogP contribution in [-0.2, 0) is 11.2 Å². The van der Waals surface area contributed by atoms with Crippen LogP contribution < -0.4 is 11.1 Å². The molecular weight excluding hydrogens is 260 g/mol. The standard InChI is InChI=1S/C18H28N2O/c1-13-7-8-16(14(2)11-13)12-15(3)20-17(21)18(19)9-5-4-6-10-18/h7-8,11,15H,4-6,9-10,12,19H2,1-3H3,(H,20,21). The van der Waals surface area contributed by atoms with E-state index in [9.17, 15) is 4.79 Å². The maximum atomic E-state index is 12.4. The highest BCUT2D eigenvalue weighted by atomic mass is 16.2. The summed E-state index contributed by atoms with van der Waals surface area (Å²) in [5.41, 5.74) is 9.49. The third-order valence-corrected chi connectivity index (χ3v) is 4.60. The Hall–Kier alpha value is -1.35. The highest BCUT2D eigenvalue weighted by Gasteiger charge is 2.35. The molecule has 0 saturated heterocycles. The lowest BCUT2D eigenvalue weighted by molar-refractivity contribution is -0.128. The molecule has 1 atom stereocenters. The summed E-state index contributed by atoms with van der Waals surface area (Å²) in [5, 5.41) is 3.12. The second kappa shape index (κ2) is 6.61. The summed E-state index contributed by atoms with van der Waals surface area (Å²) in [6, 6.07) is 6.59. The number of nitrogens with two attached hydrogens (primary N) is 1. The molecule has 1 fully saturated rings. The molecule has 1 aromatic rings. The van der Waals surface area contributed by atoms with Crippen molar-refractivity contribution in [3.63, 3.8) is 0 Å². The number of nitrogens with one attached hydrogen (secondary N) is 1. The minimum absolute atomic E-state index is 0.0273. The molecular formula is C18H28N2O. The summed E-state index contributed by atoms with van der Waals surface area (Å²) in [7, 11) is 0. The normalized spacial score (nSPS) is 19.0. The molecule has 1 amide bonds. The Morgan fingerprint density at radius 3 is 2.57 bits per heavy atom. The lowest BCUT2D eigenvalue weighted by Crippen LogP contribution is -2.56. The Bertz CT molecular complexity index is 504. The first kappa shape index (κ1) is 16.0. The van der Waals surface area contributed by atoms with Gasteiger partial charge in [0.2, 0.25) is 5.91 Å². The second-order valence-electron chi connectivity index (χ2n) is 6.73. The minimum atomic E-state index is -0.644. The van der Waals surface area contributed by atoms with Gasteiger partial charge in [-0.15, -0.1) is 0 Å². The van der Waals surface area contributed by atoms with Gasteiger partial charge in [0.05, 0.1) is 5.54 Å². The molecule has 1 aliphatic carbocycles. The number of rotatable bonds is 4. The van der Waals surface area contributed by atoms with Crippen LogP contribution in [-0.4, -0.2) is 17.5 Å². The Kier molecular flexibility index (Phi) is 5.04. The number of hydrogen-bond donors (Lipinski definition) is 2.